The molecule has 3 aromatic rings. The number of likely N-dealkylation sites (tertiary alicyclic amines) is 1. The van der Waals surface area contributed by atoms with Crippen molar-refractivity contribution in [3.8, 4) is 0 Å². The summed E-state index contributed by atoms with van der Waals surface area (Å²) < 4.78 is 45.8. The Morgan fingerprint density at radius 1 is 1.06 bits per heavy atom. The van der Waals surface area contributed by atoms with Gasteiger partial charge in [-0.1, -0.05) is 5.16 Å². The summed E-state index contributed by atoms with van der Waals surface area (Å²) in [5, 5.41) is 3.91. The van der Waals surface area contributed by atoms with Crippen molar-refractivity contribution < 1.29 is 22.7 Å². The molecular formula is C25H24F3N5O2. The predicted octanol–water partition coefficient (Wildman–Crippen LogP) is 3.91. The lowest BCUT2D eigenvalue weighted by atomic mass is 9.85. The second kappa shape index (κ2) is 10.1. The summed E-state index contributed by atoms with van der Waals surface area (Å²) in [4.78, 5) is 20.4. The fourth-order valence-corrected chi connectivity index (χ4v) is 4.56. The van der Waals surface area contributed by atoms with Crippen LogP contribution in [0.5, 0.6) is 0 Å². The highest BCUT2D eigenvalue weighted by Crippen LogP contribution is 2.43. The third kappa shape index (κ3) is 4.89. The molecule has 0 unspecified atom stereocenters. The SMILES string of the molecule is FCCO/N=C(\c1cnc(CN2CCC3(CC2)OCc2ccncc23)nc1)c1ccc(F)c(F)c1. The number of hydrogen-bond acceptors (Lipinski definition) is 7. The van der Waals surface area contributed by atoms with Gasteiger partial charge < -0.3 is 9.57 Å². The highest BCUT2D eigenvalue weighted by atomic mass is 19.2. The van der Waals surface area contributed by atoms with Gasteiger partial charge in [-0.2, -0.15) is 0 Å². The molecule has 182 valence electrons. The molecule has 0 bridgehead atoms. The molecule has 4 heterocycles. The first-order valence-electron chi connectivity index (χ1n) is 11.4. The number of aromatic nitrogens is 3. The number of ether oxygens (including phenoxy) is 1. The zero-order chi connectivity index (χ0) is 24.3. The maximum Gasteiger partial charge on any atom is 0.159 e. The van der Waals surface area contributed by atoms with Crippen LogP contribution in [0.25, 0.3) is 0 Å². The van der Waals surface area contributed by atoms with Crippen LogP contribution in [0.3, 0.4) is 0 Å². The Balaban J connectivity index is 1.27. The Morgan fingerprint density at radius 3 is 2.60 bits per heavy atom. The van der Waals surface area contributed by atoms with Gasteiger partial charge >= 0.3 is 0 Å². The zero-order valence-corrected chi connectivity index (χ0v) is 19.0. The fraction of sp³-hybridized carbons (Fsp3) is 0.360. The number of alkyl halides is 1. The maximum atomic E-state index is 13.8. The normalized spacial score (nSPS) is 17.5. The summed E-state index contributed by atoms with van der Waals surface area (Å²) in [7, 11) is 0. The van der Waals surface area contributed by atoms with Crippen molar-refractivity contribution in [1.29, 1.82) is 0 Å². The number of fused-ring (bicyclic) bond motifs is 2. The van der Waals surface area contributed by atoms with E-state index >= 15 is 0 Å². The van der Waals surface area contributed by atoms with Crippen LogP contribution in [-0.4, -0.2) is 51.9 Å². The van der Waals surface area contributed by atoms with Gasteiger partial charge in [0.15, 0.2) is 11.6 Å². The van der Waals surface area contributed by atoms with E-state index in [9.17, 15) is 13.2 Å². The highest BCUT2D eigenvalue weighted by molar-refractivity contribution is 6.12. The topological polar surface area (TPSA) is 72.7 Å². The number of hydrogen-bond donors (Lipinski definition) is 0. The van der Waals surface area contributed by atoms with E-state index in [1.807, 2.05) is 12.3 Å². The van der Waals surface area contributed by atoms with Gasteiger partial charge in [-0.05, 0) is 42.7 Å². The molecule has 0 saturated carbocycles. The number of rotatable bonds is 7. The number of benzene rings is 1. The molecule has 0 amide bonds. The summed E-state index contributed by atoms with van der Waals surface area (Å²) in [6, 6.07) is 5.39. The summed E-state index contributed by atoms with van der Waals surface area (Å²) in [5.74, 6) is -1.38. The molecule has 0 radical (unpaired) electrons. The third-order valence-corrected chi connectivity index (χ3v) is 6.43. The van der Waals surface area contributed by atoms with Crippen molar-refractivity contribution in [2.45, 2.75) is 31.6 Å². The minimum atomic E-state index is -1.02. The number of nitrogens with zero attached hydrogens (tertiary/aromatic N) is 5. The Bertz CT molecular complexity index is 1210. The average molecular weight is 483 g/mol. The van der Waals surface area contributed by atoms with Crippen LogP contribution in [0.15, 0.2) is 54.2 Å². The van der Waals surface area contributed by atoms with Crippen molar-refractivity contribution in [2.75, 3.05) is 26.4 Å². The van der Waals surface area contributed by atoms with Gasteiger partial charge in [0.05, 0.1) is 18.8 Å². The van der Waals surface area contributed by atoms with Crippen molar-refractivity contribution in [3.05, 3.63) is 88.8 Å². The van der Waals surface area contributed by atoms with E-state index < -0.39 is 18.3 Å². The number of piperidine rings is 1. The van der Waals surface area contributed by atoms with Crippen LogP contribution in [0, 0.1) is 11.6 Å². The van der Waals surface area contributed by atoms with Crippen LogP contribution in [0.2, 0.25) is 0 Å². The van der Waals surface area contributed by atoms with Crippen LogP contribution in [0.4, 0.5) is 13.2 Å². The standard InChI is InChI=1S/C25H24F3N5O2/c26-6-10-35-32-24(17-1-2-21(27)22(28)11-17)19-12-30-23(31-13-19)15-33-8-4-25(5-9-33)20-14-29-7-3-18(20)16-34-25/h1-3,7,11-14H,4-6,8-10,15-16H2/b32-24-. The largest absolute Gasteiger partial charge is 0.392 e. The number of halogens is 3. The molecule has 2 aromatic heterocycles. The molecule has 5 rings (SSSR count). The molecule has 1 saturated heterocycles. The minimum absolute atomic E-state index is 0.189. The monoisotopic (exact) mass is 483 g/mol. The molecule has 0 atom stereocenters. The summed E-state index contributed by atoms with van der Waals surface area (Å²) in [6.07, 6.45) is 8.55. The molecule has 0 N–H and O–H groups in total. The molecule has 2 aliphatic rings. The second-order valence-electron chi connectivity index (χ2n) is 8.57. The lowest BCUT2D eigenvalue weighted by molar-refractivity contribution is -0.0802. The Labute approximate surface area is 200 Å². The van der Waals surface area contributed by atoms with E-state index in [1.165, 1.54) is 17.2 Å². The molecule has 1 spiro atoms. The minimum Gasteiger partial charge on any atom is -0.392 e. The molecule has 7 nitrogen and oxygen atoms in total. The third-order valence-electron chi connectivity index (χ3n) is 6.43. The van der Waals surface area contributed by atoms with Gasteiger partial charge in [0, 0.05) is 54.6 Å². The number of pyridine rings is 1. The van der Waals surface area contributed by atoms with E-state index in [2.05, 4.69) is 25.0 Å². The lowest BCUT2D eigenvalue weighted by Crippen LogP contribution is -2.42. The van der Waals surface area contributed by atoms with Gasteiger partial charge in [0.25, 0.3) is 0 Å². The van der Waals surface area contributed by atoms with Crippen molar-refractivity contribution >= 4 is 5.71 Å². The molecule has 1 aromatic carbocycles. The summed E-state index contributed by atoms with van der Waals surface area (Å²) >= 11 is 0. The van der Waals surface area contributed by atoms with Crippen molar-refractivity contribution in [1.82, 2.24) is 19.9 Å². The van der Waals surface area contributed by atoms with Crippen LogP contribution in [0.1, 0.15) is 40.9 Å². The van der Waals surface area contributed by atoms with Gasteiger partial charge in [-0.3, -0.25) is 9.88 Å². The lowest BCUT2D eigenvalue weighted by Gasteiger charge is -2.38. The van der Waals surface area contributed by atoms with E-state index in [0.717, 1.165) is 38.1 Å². The van der Waals surface area contributed by atoms with Gasteiger partial charge in [-0.25, -0.2) is 23.1 Å². The van der Waals surface area contributed by atoms with E-state index in [1.54, 1.807) is 18.6 Å². The van der Waals surface area contributed by atoms with Gasteiger partial charge in [0.1, 0.15) is 24.8 Å². The van der Waals surface area contributed by atoms with Crippen LogP contribution in [-0.2, 0) is 28.3 Å². The molecule has 35 heavy (non-hydrogen) atoms. The summed E-state index contributed by atoms with van der Waals surface area (Å²) in [5.41, 5.74) is 3.04. The predicted molar refractivity (Wildman–Crippen MR) is 121 cm³/mol. The van der Waals surface area contributed by atoms with Crippen LogP contribution >= 0.6 is 0 Å². The van der Waals surface area contributed by atoms with Gasteiger partial charge in [-0.15, -0.1) is 0 Å². The van der Waals surface area contributed by atoms with E-state index in [0.29, 0.717) is 24.5 Å². The smallest absolute Gasteiger partial charge is 0.159 e. The highest BCUT2D eigenvalue weighted by Gasteiger charge is 2.42. The van der Waals surface area contributed by atoms with E-state index in [4.69, 9.17) is 9.57 Å². The fourth-order valence-electron chi connectivity index (χ4n) is 4.56. The molecule has 10 heteroatoms. The molecule has 2 aliphatic heterocycles. The second-order valence-corrected chi connectivity index (χ2v) is 8.57. The molecule has 1 fully saturated rings. The first kappa shape index (κ1) is 23.4. The summed E-state index contributed by atoms with van der Waals surface area (Å²) in [6.45, 7) is 1.86. The van der Waals surface area contributed by atoms with Gasteiger partial charge in [0.2, 0.25) is 0 Å². The van der Waals surface area contributed by atoms with Crippen LogP contribution < -0.4 is 0 Å². The zero-order valence-electron chi connectivity index (χ0n) is 19.0. The first-order chi connectivity index (χ1) is 17.1. The first-order valence-corrected chi connectivity index (χ1v) is 11.4. The quantitative estimate of drug-likeness (QED) is 0.288. The molecule has 0 aliphatic carbocycles. The Kier molecular flexibility index (Phi) is 6.74. The Hall–Kier alpha value is -3.37. The average Bonchev–Trinajstić information content (AvgIpc) is 3.24. The Morgan fingerprint density at radius 2 is 1.86 bits per heavy atom. The van der Waals surface area contributed by atoms with Crippen molar-refractivity contribution in [3.63, 3.8) is 0 Å². The maximum absolute atomic E-state index is 13.8. The van der Waals surface area contributed by atoms with Crippen molar-refractivity contribution in [2.24, 2.45) is 5.16 Å². The number of oxime groups is 1. The van der Waals surface area contributed by atoms with E-state index in [-0.39, 0.29) is 23.5 Å². The molecular weight excluding hydrogens is 459 g/mol.